The molecule has 1 aromatic heterocycles. The van der Waals surface area contributed by atoms with Crippen molar-refractivity contribution in [3.8, 4) is 6.07 Å². The summed E-state index contributed by atoms with van der Waals surface area (Å²) in [4.78, 5) is 4.32. The molecule has 2 heteroatoms. The van der Waals surface area contributed by atoms with Crippen LogP contribution in [0.3, 0.4) is 0 Å². The van der Waals surface area contributed by atoms with E-state index in [1.54, 1.807) is 6.20 Å². The molecule has 0 atom stereocenters. The van der Waals surface area contributed by atoms with Crippen LogP contribution in [0.15, 0.2) is 24.4 Å². The quantitative estimate of drug-likeness (QED) is 0.736. The summed E-state index contributed by atoms with van der Waals surface area (Å²) in [6.45, 7) is 4.45. The normalized spacial score (nSPS) is 29.6. The van der Waals surface area contributed by atoms with Crippen molar-refractivity contribution in [2.24, 2.45) is 11.8 Å². The summed E-state index contributed by atoms with van der Waals surface area (Å²) in [6, 6.07) is 8.28. The van der Waals surface area contributed by atoms with Gasteiger partial charge in [0.05, 0.1) is 17.2 Å². The molecule has 0 unspecified atom stereocenters. The number of rotatable bonds is 2. The van der Waals surface area contributed by atoms with E-state index in [1.807, 2.05) is 18.2 Å². The van der Waals surface area contributed by atoms with Crippen molar-refractivity contribution in [1.29, 1.82) is 5.26 Å². The maximum atomic E-state index is 9.30. The van der Waals surface area contributed by atoms with Crippen LogP contribution in [0.4, 0.5) is 0 Å². The Kier molecular flexibility index (Phi) is 2.48. The van der Waals surface area contributed by atoms with Gasteiger partial charge in [0.1, 0.15) is 0 Å². The van der Waals surface area contributed by atoms with Crippen LogP contribution < -0.4 is 0 Å². The maximum Gasteiger partial charge on any atom is 0.0998 e. The van der Waals surface area contributed by atoms with Crippen molar-refractivity contribution >= 4 is 0 Å². The SMILES string of the molecule is CC(C)[C@H]1C[C@@](C#N)(c2ccccn2)C1. The molecule has 1 saturated carbocycles. The Morgan fingerprint density at radius 3 is 2.67 bits per heavy atom. The number of nitrogens with zero attached hydrogens (tertiary/aromatic N) is 2. The zero-order chi connectivity index (χ0) is 10.9. The van der Waals surface area contributed by atoms with Gasteiger partial charge in [-0.05, 0) is 36.8 Å². The molecule has 78 valence electrons. The van der Waals surface area contributed by atoms with Gasteiger partial charge in [-0.25, -0.2) is 0 Å². The van der Waals surface area contributed by atoms with E-state index in [1.165, 1.54) is 0 Å². The van der Waals surface area contributed by atoms with Crippen molar-refractivity contribution in [2.45, 2.75) is 32.1 Å². The molecule has 1 aliphatic carbocycles. The Hall–Kier alpha value is -1.36. The molecule has 0 N–H and O–H groups in total. The van der Waals surface area contributed by atoms with Crippen molar-refractivity contribution < 1.29 is 0 Å². The van der Waals surface area contributed by atoms with Crippen LogP contribution in [-0.4, -0.2) is 4.98 Å². The van der Waals surface area contributed by atoms with Crippen LogP contribution in [0.5, 0.6) is 0 Å². The van der Waals surface area contributed by atoms with Crippen LogP contribution in [0.2, 0.25) is 0 Å². The lowest BCUT2D eigenvalue weighted by atomic mass is 9.58. The Bertz CT molecular complexity index is 369. The molecule has 0 aromatic carbocycles. The Labute approximate surface area is 91.0 Å². The molecule has 2 nitrogen and oxygen atoms in total. The lowest BCUT2D eigenvalue weighted by molar-refractivity contribution is 0.141. The predicted molar refractivity (Wildman–Crippen MR) is 59.1 cm³/mol. The number of hydrogen-bond acceptors (Lipinski definition) is 2. The highest BCUT2D eigenvalue weighted by Crippen LogP contribution is 2.49. The number of pyridine rings is 1. The minimum absolute atomic E-state index is 0.295. The third-order valence-corrected chi connectivity index (χ3v) is 3.53. The Morgan fingerprint density at radius 1 is 1.47 bits per heavy atom. The Morgan fingerprint density at radius 2 is 2.20 bits per heavy atom. The Balaban J connectivity index is 2.19. The van der Waals surface area contributed by atoms with Crippen molar-refractivity contribution in [1.82, 2.24) is 4.98 Å². The van der Waals surface area contributed by atoms with Gasteiger partial charge in [0.25, 0.3) is 0 Å². The average molecular weight is 200 g/mol. The fourth-order valence-corrected chi connectivity index (χ4v) is 2.31. The van der Waals surface area contributed by atoms with Gasteiger partial charge in [-0.3, -0.25) is 4.98 Å². The smallest absolute Gasteiger partial charge is 0.0998 e. The number of aromatic nitrogens is 1. The second-order valence-corrected chi connectivity index (χ2v) is 4.82. The van der Waals surface area contributed by atoms with Crippen LogP contribution in [0.1, 0.15) is 32.4 Å². The molecule has 1 heterocycles. The molecule has 1 aromatic rings. The summed E-state index contributed by atoms with van der Waals surface area (Å²) >= 11 is 0. The van der Waals surface area contributed by atoms with Crippen molar-refractivity contribution in [2.75, 3.05) is 0 Å². The molecule has 2 rings (SSSR count). The lowest BCUT2D eigenvalue weighted by Crippen LogP contribution is -2.42. The van der Waals surface area contributed by atoms with E-state index in [-0.39, 0.29) is 5.41 Å². The first-order valence-electron chi connectivity index (χ1n) is 5.51. The first-order valence-corrected chi connectivity index (χ1v) is 5.51. The molecule has 1 aliphatic rings. The van der Waals surface area contributed by atoms with Crippen LogP contribution in [0.25, 0.3) is 0 Å². The fraction of sp³-hybridized carbons (Fsp3) is 0.538. The summed E-state index contributed by atoms with van der Waals surface area (Å²) in [7, 11) is 0. The zero-order valence-corrected chi connectivity index (χ0v) is 9.27. The van der Waals surface area contributed by atoms with E-state index in [0.29, 0.717) is 11.8 Å². The van der Waals surface area contributed by atoms with Crippen LogP contribution in [-0.2, 0) is 5.41 Å². The molecule has 0 amide bonds. The fourth-order valence-electron chi connectivity index (χ4n) is 2.31. The molecule has 0 saturated heterocycles. The molecular formula is C13H16N2. The first kappa shape index (κ1) is 10.2. The summed E-state index contributed by atoms with van der Waals surface area (Å²) < 4.78 is 0. The summed E-state index contributed by atoms with van der Waals surface area (Å²) in [6.07, 6.45) is 3.72. The third-order valence-electron chi connectivity index (χ3n) is 3.53. The van der Waals surface area contributed by atoms with Gasteiger partial charge < -0.3 is 0 Å². The lowest BCUT2D eigenvalue weighted by Gasteiger charge is -2.44. The summed E-state index contributed by atoms with van der Waals surface area (Å²) in [5.41, 5.74) is 0.653. The highest BCUT2D eigenvalue weighted by molar-refractivity contribution is 5.30. The average Bonchev–Trinajstić information content (AvgIpc) is 2.18. The molecule has 1 fully saturated rings. The minimum Gasteiger partial charge on any atom is -0.260 e. The molecular weight excluding hydrogens is 184 g/mol. The molecule has 0 radical (unpaired) electrons. The van der Waals surface area contributed by atoms with E-state index in [9.17, 15) is 5.26 Å². The van der Waals surface area contributed by atoms with E-state index in [0.717, 1.165) is 18.5 Å². The first-order chi connectivity index (χ1) is 7.18. The van der Waals surface area contributed by atoms with Gasteiger partial charge in [0.2, 0.25) is 0 Å². The van der Waals surface area contributed by atoms with E-state index in [4.69, 9.17) is 0 Å². The van der Waals surface area contributed by atoms with Gasteiger partial charge in [-0.2, -0.15) is 5.26 Å². The van der Waals surface area contributed by atoms with E-state index >= 15 is 0 Å². The maximum absolute atomic E-state index is 9.30. The van der Waals surface area contributed by atoms with Crippen LogP contribution >= 0.6 is 0 Å². The highest BCUT2D eigenvalue weighted by Gasteiger charge is 2.47. The van der Waals surface area contributed by atoms with Crippen molar-refractivity contribution in [3.05, 3.63) is 30.1 Å². The second-order valence-electron chi connectivity index (χ2n) is 4.82. The van der Waals surface area contributed by atoms with Gasteiger partial charge in [0, 0.05) is 6.20 Å². The topological polar surface area (TPSA) is 36.7 Å². The van der Waals surface area contributed by atoms with Gasteiger partial charge in [-0.1, -0.05) is 19.9 Å². The zero-order valence-electron chi connectivity index (χ0n) is 9.27. The van der Waals surface area contributed by atoms with Gasteiger partial charge >= 0.3 is 0 Å². The van der Waals surface area contributed by atoms with E-state index < -0.39 is 0 Å². The van der Waals surface area contributed by atoms with Gasteiger partial charge in [0.15, 0.2) is 0 Å². The standard InChI is InChI=1S/C13H16N2/c1-10(2)11-7-13(8-11,9-14)12-5-3-4-6-15-12/h3-6,10-11H,7-8H2,1-2H3/t11-,13+. The largest absolute Gasteiger partial charge is 0.260 e. The predicted octanol–water partition coefficient (Wildman–Crippen LogP) is 2.91. The minimum atomic E-state index is -0.295. The number of nitriles is 1. The second kappa shape index (κ2) is 3.66. The van der Waals surface area contributed by atoms with Gasteiger partial charge in [-0.15, -0.1) is 0 Å². The summed E-state index contributed by atoms with van der Waals surface area (Å²) in [5.74, 6) is 1.36. The molecule has 0 bridgehead atoms. The molecule has 15 heavy (non-hydrogen) atoms. The van der Waals surface area contributed by atoms with Crippen LogP contribution in [0, 0.1) is 23.2 Å². The van der Waals surface area contributed by atoms with Crippen molar-refractivity contribution in [3.63, 3.8) is 0 Å². The molecule has 0 aliphatic heterocycles. The monoisotopic (exact) mass is 200 g/mol. The number of hydrogen-bond donors (Lipinski definition) is 0. The van der Waals surface area contributed by atoms with E-state index in [2.05, 4.69) is 24.9 Å². The molecule has 0 spiro atoms. The third kappa shape index (κ3) is 1.63. The highest BCUT2D eigenvalue weighted by atomic mass is 14.7. The summed E-state index contributed by atoms with van der Waals surface area (Å²) in [5, 5.41) is 9.30.